The molecule has 114 valence electrons. The summed E-state index contributed by atoms with van der Waals surface area (Å²) in [4.78, 5) is 2.24. The van der Waals surface area contributed by atoms with E-state index in [4.69, 9.17) is 5.26 Å². The molecule has 0 heterocycles. The predicted molar refractivity (Wildman–Crippen MR) is 74.9 cm³/mol. The molecular formula is C15H18F3N3. The van der Waals surface area contributed by atoms with Crippen LogP contribution in [0.5, 0.6) is 0 Å². The Morgan fingerprint density at radius 2 is 2.10 bits per heavy atom. The van der Waals surface area contributed by atoms with Crippen LogP contribution in [0.2, 0.25) is 0 Å². The summed E-state index contributed by atoms with van der Waals surface area (Å²) in [7, 11) is 2.03. The molecule has 2 rings (SSSR count). The van der Waals surface area contributed by atoms with Crippen LogP contribution >= 0.6 is 0 Å². The highest BCUT2D eigenvalue weighted by molar-refractivity contribution is 5.53. The van der Waals surface area contributed by atoms with Gasteiger partial charge in [0.15, 0.2) is 0 Å². The monoisotopic (exact) mass is 297 g/mol. The molecule has 1 aromatic carbocycles. The highest BCUT2D eigenvalue weighted by atomic mass is 19.4. The predicted octanol–water partition coefficient (Wildman–Crippen LogP) is 3.47. The summed E-state index contributed by atoms with van der Waals surface area (Å²) in [6, 6.07) is 6.15. The van der Waals surface area contributed by atoms with E-state index in [0.29, 0.717) is 18.3 Å². The summed E-state index contributed by atoms with van der Waals surface area (Å²) in [6.07, 6.45) is -2.13. The number of likely N-dealkylation sites (N-methyl/N-ethyl adjacent to an activating group) is 1. The van der Waals surface area contributed by atoms with Crippen molar-refractivity contribution in [1.82, 2.24) is 4.90 Å². The molecule has 0 aliphatic heterocycles. The number of halogens is 3. The molecule has 1 aliphatic carbocycles. The molecule has 0 amide bonds. The number of nitrogens with zero attached hydrogens (tertiary/aromatic N) is 2. The molecule has 1 aliphatic rings. The fourth-order valence-electron chi connectivity index (χ4n) is 2.24. The molecule has 1 unspecified atom stereocenters. The number of alkyl halides is 3. The number of nitriles is 1. The highest BCUT2D eigenvalue weighted by Crippen LogP contribution is 2.33. The van der Waals surface area contributed by atoms with E-state index < -0.39 is 11.7 Å². The molecule has 1 N–H and O–H groups in total. The first-order chi connectivity index (χ1) is 9.82. The number of rotatable bonds is 5. The third-order valence-corrected chi connectivity index (χ3v) is 3.87. The lowest BCUT2D eigenvalue weighted by Gasteiger charge is -2.25. The minimum Gasteiger partial charge on any atom is -0.383 e. The van der Waals surface area contributed by atoms with E-state index >= 15 is 0 Å². The molecule has 21 heavy (non-hydrogen) atoms. The number of hydrogen-bond donors (Lipinski definition) is 1. The fourth-order valence-corrected chi connectivity index (χ4v) is 2.24. The smallest absolute Gasteiger partial charge is 0.383 e. The average molecular weight is 297 g/mol. The van der Waals surface area contributed by atoms with Gasteiger partial charge in [-0.1, -0.05) is 0 Å². The molecule has 0 radical (unpaired) electrons. The summed E-state index contributed by atoms with van der Waals surface area (Å²) in [5.41, 5.74) is -0.855. The molecule has 3 nitrogen and oxygen atoms in total. The number of anilines is 1. The van der Waals surface area contributed by atoms with E-state index in [1.807, 2.05) is 14.0 Å². The maximum absolute atomic E-state index is 12.9. The molecule has 1 atom stereocenters. The molecule has 6 heteroatoms. The first kappa shape index (κ1) is 15.6. The Labute approximate surface area is 122 Å². The average Bonchev–Trinajstić information content (AvgIpc) is 3.27. The first-order valence-electron chi connectivity index (χ1n) is 6.90. The van der Waals surface area contributed by atoms with Gasteiger partial charge in [0.1, 0.15) is 0 Å². The minimum absolute atomic E-state index is 0.238. The van der Waals surface area contributed by atoms with Crippen LogP contribution in [0.25, 0.3) is 0 Å². The zero-order valence-corrected chi connectivity index (χ0v) is 12.0. The van der Waals surface area contributed by atoms with E-state index in [1.54, 1.807) is 6.07 Å². The normalized spacial score (nSPS) is 16.6. The van der Waals surface area contributed by atoms with E-state index in [0.717, 1.165) is 6.07 Å². The number of nitrogens with one attached hydrogen (secondary N) is 1. The van der Waals surface area contributed by atoms with Gasteiger partial charge in [-0.15, -0.1) is 0 Å². The second kappa shape index (κ2) is 5.94. The van der Waals surface area contributed by atoms with E-state index in [2.05, 4.69) is 10.2 Å². The maximum Gasteiger partial charge on any atom is 0.417 e. The fraction of sp³-hybridized carbons (Fsp3) is 0.533. The quantitative estimate of drug-likeness (QED) is 0.904. The molecule has 0 spiro atoms. The van der Waals surface area contributed by atoms with Crippen molar-refractivity contribution >= 4 is 5.69 Å². The zero-order valence-electron chi connectivity index (χ0n) is 12.0. The summed E-state index contributed by atoms with van der Waals surface area (Å²) in [6.45, 7) is 2.61. The van der Waals surface area contributed by atoms with Crippen LogP contribution in [0.1, 0.15) is 30.9 Å². The molecule has 1 saturated carbocycles. The number of benzene rings is 1. The van der Waals surface area contributed by atoms with Crippen molar-refractivity contribution in [3.8, 4) is 6.07 Å². The Balaban J connectivity index is 2.05. The Bertz CT molecular complexity index is 544. The van der Waals surface area contributed by atoms with Crippen LogP contribution in [0, 0.1) is 11.3 Å². The second-order valence-electron chi connectivity index (χ2n) is 5.50. The van der Waals surface area contributed by atoms with Gasteiger partial charge in [-0.05, 0) is 45.0 Å². The van der Waals surface area contributed by atoms with Gasteiger partial charge in [0, 0.05) is 24.3 Å². The van der Waals surface area contributed by atoms with Crippen molar-refractivity contribution in [3.63, 3.8) is 0 Å². The number of hydrogen-bond acceptors (Lipinski definition) is 3. The van der Waals surface area contributed by atoms with Crippen LogP contribution in [0.4, 0.5) is 18.9 Å². The Morgan fingerprint density at radius 1 is 1.43 bits per heavy atom. The van der Waals surface area contributed by atoms with Crippen molar-refractivity contribution in [2.45, 2.75) is 38.0 Å². The van der Waals surface area contributed by atoms with Gasteiger partial charge >= 0.3 is 6.18 Å². The summed E-state index contributed by atoms with van der Waals surface area (Å²) in [5.74, 6) is 0. The van der Waals surface area contributed by atoms with Crippen LogP contribution in [0.3, 0.4) is 0 Å². The van der Waals surface area contributed by atoms with E-state index in [9.17, 15) is 13.2 Å². The highest BCUT2D eigenvalue weighted by Gasteiger charge is 2.34. The lowest BCUT2D eigenvalue weighted by atomic mass is 10.1. The molecule has 0 saturated heterocycles. The van der Waals surface area contributed by atoms with Gasteiger partial charge in [-0.25, -0.2) is 0 Å². The van der Waals surface area contributed by atoms with Crippen molar-refractivity contribution in [1.29, 1.82) is 5.26 Å². The third kappa shape index (κ3) is 3.88. The lowest BCUT2D eigenvalue weighted by Crippen LogP contribution is -2.36. The van der Waals surface area contributed by atoms with Gasteiger partial charge in [0.2, 0.25) is 0 Å². The van der Waals surface area contributed by atoms with Crippen LogP contribution in [-0.2, 0) is 6.18 Å². The van der Waals surface area contributed by atoms with Crippen molar-refractivity contribution in [2.24, 2.45) is 0 Å². The van der Waals surface area contributed by atoms with Gasteiger partial charge < -0.3 is 5.32 Å². The molecule has 1 aromatic rings. The molecule has 0 bridgehead atoms. The summed E-state index contributed by atoms with van der Waals surface area (Å²) in [5, 5.41) is 11.8. The third-order valence-electron chi connectivity index (χ3n) is 3.87. The lowest BCUT2D eigenvalue weighted by molar-refractivity contribution is -0.137. The minimum atomic E-state index is -4.51. The Kier molecular flexibility index (Phi) is 4.43. The Hall–Kier alpha value is -1.74. The maximum atomic E-state index is 12.9. The van der Waals surface area contributed by atoms with Crippen LogP contribution in [-0.4, -0.2) is 30.6 Å². The second-order valence-corrected chi connectivity index (χ2v) is 5.50. The summed E-state index contributed by atoms with van der Waals surface area (Å²) >= 11 is 0. The molecule has 1 fully saturated rings. The van der Waals surface area contributed by atoms with E-state index in [1.165, 1.54) is 25.0 Å². The largest absolute Gasteiger partial charge is 0.417 e. The van der Waals surface area contributed by atoms with Gasteiger partial charge in [-0.2, -0.15) is 18.4 Å². The van der Waals surface area contributed by atoms with Crippen LogP contribution in [0.15, 0.2) is 18.2 Å². The van der Waals surface area contributed by atoms with Crippen molar-refractivity contribution < 1.29 is 13.2 Å². The van der Waals surface area contributed by atoms with Crippen molar-refractivity contribution in [3.05, 3.63) is 29.3 Å². The van der Waals surface area contributed by atoms with E-state index in [-0.39, 0.29) is 11.6 Å². The van der Waals surface area contributed by atoms with Gasteiger partial charge in [0.25, 0.3) is 0 Å². The Morgan fingerprint density at radius 3 is 2.62 bits per heavy atom. The summed E-state index contributed by atoms with van der Waals surface area (Å²) < 4.78 is 38.6. The van der Waals surface area contributed by atoms with Crippen LogP contribution < -0.4 is 5.32 Å². The standard InChI is InChI=1S/C15H18F3N3/c1-10(21(2)13-5-6-13)9-20-12-4-3-11(8-19)14(7-12)15(16,17)18/h3-4,7,10,13,20H,5-6,9H2,1-2H3. The van der Waals surface area contributed by atoms with Crippen molar-refractivity contribution in [2.75, 3.05) is 18.9 Å². The first-order valence-corrected chi connectivity index (χ1v) is 6.90. The zero-order chi connectivity index (χ0) is 15.6. The van der Waals surface area contributed by atoms with Gasteiger partial charge in [0.05, 0.1) is 17.2 Å². The molecule has 0 aromatic heterocycles. The SMILES string of the molecule is CC(CNc1ccc(C#N)c(C(F)(F)F)c1)N(C)C1CC1. The van der Waals surface area contributed by atoms with Gasteiger partial charge in [-0.3, -0.25) is 4.90 Å². The topological polar surface area (TPSA) is 39.1 Å². The molecular weight excluding hydrogens is 279 g/mol.